The Labute approximate surface area is 107 Å². The molecule has 0 aromatic carbocycles. The van der Waals surface area contributed by atoms with Crippen LogP contribution in [-0.2, 0) is 13.5 Å². The number of aromatic nitrogens is 4. The first-order valence-corrected chi connectivity index (χ1v) is 6.51. The number of nitrogens with one attached hydrogen (secondary N) is 1. The van der Waals surface area contributed by atoms with Crippen molar-refractivity contribution in [1.82, 2.24) is 19.6 Å². The Hall–Kier alpha value is -1.78. The lowest BCUT2D eigenvalue weighted by Crippen LogP contribution is -2.24. The van der Waals surface area contributed by atoms with Crippen LogP contribution in [0.5, 0.6) is 0 Å². The van der Waals surface area contributed by atoms with E-state index in [0.29, 0.717) is 6.04 Å². The maximum Gasteiger partial charge on any atom is 0.128 e. The largest absolute Gasteiger partial charge is 0.370 e. The van der Waals surface area contributed by atoms with Crippen LogP contribution in [0.1, 0.15) is 36.2 Å². The third kappa shape index (κ3) is 1.62. The van der Waals surface area contributed by atoms with E-state index in [4.69, 9.17) is 5.10 Å². The van der Waals surface area contributed by atoms with Gasteiger partial charge in [-0.2, -0.15) is 10.2 Å². The summed E-state index contributed by atoms with van der Waals surface area (Å²) in [6, 6.07) is 0.314. The highest BCUT2D eigenvalue weighted by molar-refractivity contribution is 5.49. The number of fused-ring (bicyclic) bond motifs is 1. The van der Waals surface area contributed by atoms with Crippen molar-refractivity contribution in [1.29, 1.82) is 0 Å². The highest BCUT2D eigenvalue weighted by atomic mass is 15.4. The average molecular weight is 245 g/mol. The van der Waals surface area contributed by atoms with Gasteiger partial charge in [0.1, 0.15) is 5.82 Å². The molecule has 1 atom stereocenters. The van der Waals surface area contributed by atoms with Gasteiger partial charge >= 0.3 is 0 Å². The van der Waals surface area contributed by atoms with Crippen LogP contribution < -0.4 is 5.32 Å². The Morgan fingerprint density at radius 3 is 3.00 bits per heavy atom. The summed E-state index contributed by atoms with van der Waals surface area (Å²) in [5.74, 6) is 1.17. The lowest BCUT2D eigenvalue weighted by Gasteiger charge is -2.25. The van der Waals surface area contributed by atoms with Crippen LogP contribution in [0, 0.1) is 6.92 Å². The number of hydrogen-bond donors (Lipinski definition) is 1. The van der Waals surface area contributed by atoms with Crippen molar-refractivity contribution in [2.24, 2.45) is 7.05 Å². The molecular formula is C13H19N5. The second-order valence-electron chi connectivity index (χ2n) is 4.90. The highest BCUT2D eigenvalue weighted by Gasteiger charge is 2.26. The zero-order chi connectivity index (χ0) is 12.7. The van der Waals surface area contributed by atoms with Gasteiger partial charge in [0.2, 0.25) is 0 Å². The lowest BCUT2D eigenvalue weighted by atomic mass is 10.1. The summed E-state index contributed by atoms with van der Waals surface area (Å²) in [7, 11) is 1.96. The number of rotatable bonds is 2. The number of nitrogens with zero attached hydrogens (tertiary/aromatic N) is 4. The fourth-order valence-electron chi connectivity index (χ4n) is 2.71. The van der Waals surface area contributed by atoms with Crippen LogP contribution >= 0.6 is 0 Å². The minimum atomic E-state index is 0.314. The summed E-state index contributed by atoms with van der Waals surface area (Å²) in [6.07, 6.45) is 6.07. The molecule has 3 rings (SSSR count). The fourth-order valence-corrected chi connectivity index (χ4v) is 2.71. The monoisotopic (exact) mass is 245 g/mol. The number of hydrogen-bond acceptors (Lipinski definition) is 3. The highest BCUT2D eigenvalue weighted by Crippen LogP contribution is 2.32. The van der Waals surface area contributed by atoms with E-state index in [2.05, 4.69) is 35.1 Å². The summed E-state index contributed by atoms with van der Waals surface area (Å²) in [5, 5.41) is 12.5. The minimum Gasteiger partial charge on any atom is -0.370 e. The number of aryl methyl sites for hydroxylation is 2. The molecule has 1 aliphatic heterocycles. The number of anilines is 1. The van der Waals surface area contributed by atoms with Gasteiger partial charge in [-0.3, -0.25) is 4.68 Å². The molecule has 5 nitrogen and oxygen atoms in total. The van der Waals surface area contributed by atoms with E-state index in [0.717, 1.165) is 19.4 Å². The van der Waals surface area contributed by atoms with E-state index in [-0.39, 0.29) is 0 Å². The Morgan fingerprint density at radius 1 is 1.50 bits per heavy atom. The quantitative estimate of drug-likeness (QED) is 0.879. The van der Waals surface area contributed by atoms with Crippen LogP contribution in [-0.4, -0.2) is 26.1 Å². The van der Waals surface area contributed by atoms with Gasteiger partial charge in [-0.05, 0) is 19.8 Å². The first-order valence-electron chi connectivity index (χ1n) is 6.51. The molecule has 96 valence electrons. The van der Waals surface area contributed by atoms with Gasteiger partial charge < -0.3 is 5.32 Å². The molecule has 0 saturated carbocycles. The van der Waals surface area contributed by atoms with Crippen molar-refractivity contribution in [3.8, 4) is 0 Å². The summed E-state index contributed by atoms with van der Waals surface area (Å²) >= 11 is 0. The summed E-state index contributed by atoms with van der Waals surface area (Å²) < 4.78 is 3.99. The summed E-state index contributed by atoms with van der Waals surface area (Å²) in [4.78, 5) is 0. The van der Waals surface area contributed by atoms with Crippen LogP contribution in [0.4, 0.5) is 5.82 Å². The van der Waals surface area contributed by atoms with Gasteiger partial charge in [0.15, 0.2) is 0 Å². The molecule has 1 N–H and O–H groups in total. The van der Waals surface area contributed by atoms with E-state index in [1.807, 2.05) is 17.9 Å². The van der Waals surface area contributed by atoms with Crippen LogP contribution in [0.25, 0.3) is 0 Å². The Balaban J connectivity index is 2.06. The molecule has 1 unspecified atom stereocenters. The van der Waals surface area contributed by atoms with E-state index in [1.54, 1.807) is 0 Å². The second-order valence-corrected chi connectivity index (χ2v) is 4.90. The van der Waals surface area contributed by atoms with Crippen molar-refractivity contribution in [2.75, 3.05) is 11.9 Å². The normalized spacial score (nSPS) is 18.5. The van der Waals surface area contributed by atoms with Crippen molar-refractivity contribution in [3.63, 3.8) is 0 Å². The fraction of sp³-hybridized carbons (Fsp3) is 0.538. The molecule has 0 aliphatic carbocycles. The van der Waals surface area contributed by atoms with Crippen LogP contribution in [0.2, 0.25) is 0 Å². The molecule has 2 aromatic rings. The molecule has 0 bridgehead atoms. The van der Waals surface area contributed by atoms with Gasteiger partial charge in [0, 0.05) is 30.9 Å². The molecule has 18 heavy (non-hydrogen) atoms. The lowest BCUT2D eigenvalue weighted by molar-refractivity contribution is 0.478. The predicted octanol–water partition coefficient (Wildman–Crippen LogP) is 1.89. The predicted molar refractivity (Wildman–Crippen MR) is 70.8 cm³/mol. The molecule has 0 fully saturated rings. The maximum absolute atomic E-state index is 4.75. The van der Waals surface area contributed by atoms with Crippen molar-refractivity contribution in [3.05, 3.63) is 29.2 Å². The van der Waals surface area contributed by atoms with E-state index >= 15 is 0 Å². The molecule has 3 heterocycles. The van der Waals surface area contributed by atoms with Crippen molar-refractivity contribution in [2.45, 2.75) is 32.7 Å². The first kappa shape index (κ1) is 11.3. The van der Waals surface area contributed by atoms with Gasteiger partial charge in [0.25, 0.3) is 0 Å². The van der Waals surface area contributed by atoms with E-state index in [9.17, 15) is 0 Å². The third-order valence-corrected chi connectivity index (χ3v) is 3.70. The third-order valence-electron chi connectivity index (χ3n) is 3.70. The molecule has 0 saturated heterocycles. The zero-order valence-electron chi connectivity index (χ0n) is 11.1. The van der Waals surface area contributed by atoms with Crippen molar-refractivity contribution >= 4 is 5.82 Å². The van der Waals surface area contributed by atoms with Gasteiger partial charge in [-0.15, -0.1) is 0 Å². The van der Waals surface area contributed by atoms with E-state index in [1.165, 1.54) is 22.6 Å². The molecular weight excluding hydrogens is 226 g/mol. The molecule has 0 radical (unpaired) electrons. The van der Waals surface area contributed by atoms with E-state index < -0.39 is 0 Å². The second kappa shape index (κ2) is 4.15. The molecule has 2 aromatic heterocycles. The Morgan fingerprint density at radius 2 is 2.33 bits per heavy atom. The standard InChI is InChI=1S/C13H19N5/c1-4-11-9(2)13-14-6-5-12(18(13)16-11)10-7-15-17(3)8-10/h7-8,12,14H,4-6H2,1-3H3. The average Bonchev–Trinajstić information content (AvgIpc) is 2.94. The topological polar surface area (TPSA) is 47.7 Å². The molecule has 0 spiro atoms. The Bertz CT molecular complexity index is 566. The summed E-state index contributed by atoms with van der Waals surface area (Å²) in [6.45, 7) is 5.30. The van der Waals surface area contributed by atoms with Crippen LogP contribution in [0.3, 0.4) is 0 Å². The zero-order valence-corrected chi connectivity index (χ0v) is 11.1. The smallest absolute Gasteiger partial charge is 0.128 e. The minimum absolute atomic E-state index is 0.314. The van der Waals surface area contributed by atoms with Gasteiger partial charge in [-0.25, -0.2) is 4.68 Å². The molecule has 0 amide bonds. The SMILES string of the molecule is CCc1nn2c(c1C)NCCC2c1cnn(C)c1. The van der Waals surface area contributed by atoms with Gasteiger partial charge in [0.05, 0.1) is 17.9 Å². The van der Waals surface area contributed by atoms with Crippen molar-refractivity contribution < 1.29 is 0 Å². The summed E-state index contributed by atoms with van der Waals surface area (Å²) in [5.41, 5.74) is 3.71. The molecule has 5 heteroatoms. The maximum atomic E-state index is 4.75. The first-order chi connectivity index (χ1) is 8.70. The molecule has 1 aliphatic rings. The Kier molecular flexibility index (Phi) is 2.61. The van der Waals surface area contributed by atoms with Gasteiger partial charge in [-0.1, -0.05) is 6.92 Å². The van der Waals surface area contributed by atoms with Crippen LogP contribution in [0.15, 0.2) is 12.4 Å².